The standard InChI is InChI=1S/C16H20O3/c1-2-6-12-9-10-15(14(17)11-12)19-16(18)13-7-4-3-5-8-13/h2-5,7-8,12,14-15,17H,1,6,9-11H2. The van der Waals surface area contributed by atoms with E-state index in [0.717, 1.165) is 19.3 Å². The molecule has 1 saturated carbocycles. The maximum absolute atomic E-state index is 11.9. The fraction of sp³-hybridized carbons (Fsp3) is 0.438. The molecular formula is C16H20O3. The third-order valence-corrected chi connectivity index (χ3v) is 3.63. The molecule has 0 spiro atoms. The molecule has 1 aromatic carbocycles. The molecule has 0 bridgehead atoms. The molecule has 0 radical (unpaired) electrons. The van der Waals surface area contributed by atoms with Gasteiger partial charge in [-0.1, -0.05) is 24.3 Å². The number of benzene rings is 1. The van der Waals surface area contributed by atoms with Crippen molar-refractivity contribution in [3.05, 3.63) is 48.6 Å². The molecule has 0 saturated heterocycles. The summed E-state index contributed by atoms with van der Waals surface area (Å²) in [4.78, 5) is 11.9. The van der Waals surface area contributed by atoms with Gasteiger partial charge in [0.05, 0.1) is 11.7 Å². The molecular weight excluding hydrogens is 240 g/mol. The zero-order chi connectivity index (χ0) is 13.7. The first-order valence-corrected chi connectivity index (χ1v) is 6.75. The van der Waals surface area contributed by atoms with Crippen LogP contribution in [0.3, 0.4) is 0 Å². The van der Waals surface area contributed by atoms with Gasteiger partial charge in [-0.25, -0.2) is 4.79 Å². The minimum absolute atomic E-state index is 0.355. The zero-order valence-corrected chi connectivity index (χ0v) is 11.0. The van der Waals surface area contributed by atoms with Crippen molar-refractivity contribution in [3.8, 4) is 0 Å². The first kappa shape index (κ1) is 13.8. The summed E-state index contributed by atoms with van der Waals surface area (Å²) in [5, 5.41) is 10.1. The average molecular weight is 260 g/mol. The SMILES string of the molecule is C=CCC1CCC(OC(=O)c2ccccc2)C(O)C1. The third-order valence-electron chi connectivity index (χ3n) is 3.63. The highest BCUT2D eigenvalue weighted by atomic mass is 16.6. The summed E-state index contributed by atoms with van der Waals surface area (Å²) in [5.74, 6) is 0.103. The summed E-state index contributed by atoms with van der Waals surface area (Å²) in [5.41, 5.74) is 0.530. The molecule has 3 nitrogen and oxygen atoms in total. The quantitative estimate of drug-likeness (QED) is 0.668. The third kappa shape index (κ3) is 3.67. The Bertz CT molecular complexity index is 427. The van der Waals surface area contributed by atoms with Crippen LogP contribution in [0.2, 0.25) is 0 Å². The van der Waals surface area contributed by atoms with Crippen LogP contribution >= 0.6 is 0 Å². The van der Waals surface area contributed by atoms with Crippen molar-refractivity contribution in [2.45, 2.75) is 37.9 Å². The van der Waals surface area contributed by atoms with E-state index >= 15 is 0 Å². The maximum atomic E-state index is 11.9. The Hall–Kier alpha value is -1.61. The molecule has 3 unspecified atom stereocenters. The maximum Gasteiger partial charge on any atom is 0.338 e. The van der Waals surface area contributed by atoms with Gasteiger partial charge in [0.15, 0.2) is 0 Å². The number of ether oxygens (including phenoxy) is 1. The number of carbonyl (C=O) groups is 1. The predicted molar refractivity (Wildman–Crippen MR) is 73.8 cm³/mol. The molecule has 3 atom stereocenters. The van der Waals surface area contributed by atoms with Crippen LogP contribution < -0.4 is 0 Å². The summed E-state index contributed by atoms with van der Waals surface area (Å²) < 4.78 is 5.40. The summed E-state index contributed by atoms with van der Waals surface area (Å²) in [7, 11) is 0. The largest absolute Gasteiger partial charge is 0.456 e. The van der Waals surface area contributed by atoms with Gasteiger partial charge in [-0.3, -0.25) is 0 Å². The molecule has 0 aliphatic heterocycles. The van der Waals surface area contributed by atoms with Crippen LogP contribution in [0.1, 0.15) is 36.0 Å². The first-order chi connectivity index (χ1) is 9.20. The Balaban J connectivity index is 1.90. The highest BCUT2D eigenvalue weighted by Gasteiger charge is 2.31. The molecule has 0 amide bonds. The fourth-order valence-electron chi connectivity index (χ4n) is 2.57. The van der Waals surface area contributed by atoms with Crippen LogP contribution in [0.25, 0.3) is 0 Å². The summed E-state index contributed by atoms with van der Waals surface area (Å²) in [6.07, 6.45) is 4.22. The molecule has 1 aliphatic carbocycles. The Kier molecular flexibility index (Phi) is 4.74. The lowest BCUT2D eigenvalue weighted by Crippen LogP contribution is -2.37. The fourth-order valence-corrected chi connectivity index (χ4v) is 2.57. The number of esters is 1. The van der Waals surface area contributed by atoms with E-state index < -0.39 is 6.10 Å². The monoisotopic (exact) mass is 260 g/mol. The van der Waals surface area contributed by atoms with Crippen molar-refractivity contribution in [3.63, 3.8) is 0 Å². The second-order valence-corrected chi connectivity index (χ2v) is 5.08. The van der Waals surface area contributed by atoms with E-state index in [-0.39, 0.29) is 12.1 Å². The number of rotatable bonds is 4. The van der Waals surface area contributed by atoms with Crippen molar-refractivity contribution in [2.24, 2.45) is 5.92 Å². The van der Waals surface area contributed by atoms with Crippen LogP contribution in [0, 0.1) is 5.92 Å². The normalized spacial score (nSPS) is 26.7. The van der Waals surface area contributed by atoms with Gasteiger partial charge in [-0.15, -0.1) is 6.58 Å². The van der Waals surface area contributed by atoms with E-state index in [0.29, 0.717) is 17.9 Å². The van der Waals surface area contributed by atoms with E-state index in [2.05, 4.69) is 6.58 Å². The van der Waals surface area contributed by atoms with Crippen LogP contribution in [0.15, 0.2) is 43.0 Å². The molecule has 2 rings (SSSR count). The number of hydrogen-bond acceptors (Lipinski definition) is 3. The molecule has 1 fully saturated rings. The first-order valence-electron chi connectivity index (χ1n) is 6.75. The highest BCUT2D eigenvalue weighted by Crippen LogP contribution is 2.29. The van der Waals surface area contributed by atoms with Gasteiger partial charge in [0.25, 0.3) is 0 Å². The molecule has 19 heavy (non-hydrogen) atoms. The molecule has 0 aromatic heterocycles. The van der Waals surface area contributed by atoms with E-state index in [4.69, 9.17) is 4.74 Å². The van der Waals surface area contributed by atoms with Crippen molar-refractivity contribution in [1.29, 1.82) is 0 Å². The van der Waals surface area contributed by atoms with Crippen molar-refractivity contribution < 1.29 is 14.6 Å². The number of hydrogen-bond donors (Lipinski definition) is 1. The highest BCUT2D eigenvalue weighted by molar-refractivity contribution is 5.89. The van der Waals surface area contributed by atoms with Gasteiger partial charge in [0.2, 0.25) is 0 Å². The number of aliphatic hydroxyl groups is 1. The van der Waals surface area contributed by atoms with E-state index in [1.165, 1.54) is 0 Å². The summed E-state index contributed by atoms with van der Waals surface area (Å²) in [6.45, 7) is 3.72. The second-order valence-electron chi connectivity index (χ2n) is 5.08. The number of allylic oxidation sites excluding steroid dienone is 1. The van der Waals surface area contributed by atoms with E-state index in [9.17, 15) is 9.90 Å². The molecule has 1 N–H and O–H groups in total. The Morgan fingerprint density at radius 3 is 2.74 bits per heavy atom. The Morgan fingerprint density at radius 1 is 1.37 bits per heavy atom. The van der Waals surface area contributed by atoms with Crippen molar-refractivity contribution in [1.82, 2.24) is 0 Å². The second kappa shape index (κ2) is 6.53. The molecule has 3 heteroatoms. The van der Waals surface area contributed by atoms with Crippen molar-refractivity contribution in [2.75, 3.05) is 0 Å². The minimum atomic E-state index is -0.564. The van der Waals surface area contributed by atoms with Gasteiger partial charge in [0, 0.05) is 0 Å². The molecule has 1 aliphatic rings. The molecule has 1 aromatic rings. The number of carbonyl (C=O) groups excluding carboxylic acids is 1. The van der Waals surface area contributed by atoms with Gasteiger partial charge in [-0.2, -0.15) is 0 Å². The van der Waals surface area contributed by atoms with Gasteiger partial charge < -0.3 is 9.84 Å². The molecule has 102 valence electrons. The summed E-state index contributed by atoms with van der Waals surface area (Å²) in [6, 6.07) is 8.89. The van der Waals surface area contributed by atoms with Crippen molar-refractivity contribution >= 4 is 5.97 Å². The van der Waals surface area contributed by atoms with Gasteiger partial charge >= 0.3 is 5.97 Å². The van der Waals surface area contributed by atoms with E-state index in [1.807, 2.05) is 12.1 Å². The lowest BCUT2D eigenvalue weighted by Gasteiger charge is -2.32. The summed E-state index contributed by atoms with van der Waals surface area (Å²) >= 11 is 0. The van der Waals surface area contributed by atoms with Crippen LogP contribution in [0.4, 0.5) is 0 Å². The smallest absolute Gasteiger partial charge is 0.338 e. The van der Waals surface area contributed by atoms with Gasteiger partial charge in [-0.05, 0) is 43.7 Å². The van der Waals surface area contributed by atoms with Gasteiger partial charge in [0.1, 0.15) is 6.10 Å². The Morgan fingerprint density at radius 2 is 2.11 bits per heavy atom. The van der Waals surface area contributed by atoms with Crippen LogP contribution in [0.5, 0.6) is 0 Å². The van der Waals surface area contributed by atoms with Crippen LogP contribution in [-0.4, -0.2) is 23.3 Å². The number of aliphatic hydroxyl groups excluding tert-OH is 1. The minimum Gasteiger partial charge on any atom is -0.456 e. The zero-order valence-electron chi connectivity index (χ0n) is 11.0. The van der Waals surface area contributed by atoms with Crippen LogP contribution in [-0.2, 0) is 4.74 Å². The predicted octanol–water partition coefficient (Wildman–Crippen LogP) is 2.95. The van der Waals surface area contributed by atoms with E-state index in [1.54, 1.807) is 24.3 Å². The topological polar surface area (TPSA) is 46.5 Å². The average Bonchev–Trinajstić information content (AvgIpc) is 2.43. The Labute approximate surface area is 113 Å². The lowest BCUT2D eigenvalue weighted by molar-refractivity contribution is -0.0468. The molecule has 0 heterocycles. The lowest BCUT2D eigenvalue weighted by atomic mass is 9.83.